The Balaban J connectivity index is 1.47. The lowest BCUT2D eigenvalue weighted by atomic mass is 9.94. The van der Waals surface area contributed by atoms with Crippen LogP contribution in [0.25, 0.3) is 11.0 Å². The first kappa shape index (κ1) is 20.6. The number of ether oxygens (including phenoxy) is 1. The van der Waals surface area contributed by atoms with Crippen LogP contribution in [0.3, 0.4) is 0 Å². The number of carbonyl (C=O) groups excluding carboxylic acids is 3. The Kier molecular flexibility index (Phi) is 5.70. The molecule has 8 heteroatoms. The standard InChI is InChI=1S/C23H24N4O4/c1-27-13-16-10-17(8-7-14(16)9-15(23(27)30)11-22(29)31-2)24-21(28)12-20-25-18-5-3-4-6-19(18)26-20/h3-8,10,15H,9,11-13H2,1-2H3,(H,24,28)(H,25,26). The average molecular weight is 420 g/mol. The molecule has 0 radical (unpaired) electrons. The molecule has 1 unspecified atom stereocenters. The van der Waals surface area contributed by atoms with Crippen molar-refractivity contribution >= 4 is 34.5 Å². The highest BCUT2D eigenvalue weighted by Gasteiger charge is 2.30. The Hall–Kier alpha value is -3.68. The lowest BCUT2D eigenvalue weighted by Gasteiger charge is -2.19. The van der Waals surface area contributed by atoms with Crippen molar-refractivity contribution in [2.75, 3.05) is 19.5 Å². The predicted molar refractivity (Wildman–Crippen MR) is 115 cm³/mol. The van der Waals surface area contributed by atoms with Crippen molar-refractivity contribution in [1.82, 2.24) is 14.9 Å². The summed E-state index contributed by atoms with van der Waals surface area (Å²) in [4.78, 5) is 46.1. The number of carbonyl (C=O) groups is 3. The molecule has 1 aliphatic rings. The number of para-hydroxylation sites is 2. The molecule has 2 aromatic carbocycles. The van der Waals surface area contributed by atoms with Crippen LogP contribution in [0.1, 0.15) is 23.4 Å². The summed E-state index contributed by atoms with van der Waals surface area (Å²) in [5.41, 5.74) is 4.31. The molecule has 3 aromatic rings. The van der Waals surface area contributed by atoms with Gasteiger partial charge in [-0.15, -0.1) is 0 Å². The van der Waals surface area contributed by atoms with Gasteiger partial charge in [-0.3, -0.25) is 14.4 Å². The number of hydrogen-bond donors (Lipinski definition) is 2. The van der Waals surface area contributed by atoms with E-state index in [2.05, 4.69) is 15.3 Å². The van der Waals surface area contributed by atoms with Crippen LogP contribution in [-0.4, -0.2) is 46.8 Å². The van der Waals surface area contributed by atoms with Crippen LogP contribution in [0.5, 0.6) is 0 Å². The summed E-state index contributed by atoms with van der Waals surface area (Å²) in [6.07, 6.45) is 0.640. The molecule has 0 fully saturated rings. The molecule has 0 aliphatic carbocycles. The Bertz CT molecular complexity index is 1120. The van der Waals surface area contributed by atoms with Crippen LogP contribution in [-0.2, 0) is 38.5 Å². The summed E-state index contributed by atoms with van der Waals surface area (Å²) >= 11 is 0. The maximum absolute atomic E-state index is 12.6. The maximum atomic E-state index is 12.6. The number of esters is 1. The van der Waals surface area contributed by atoms with Gasteiger partial charge in [-0.05, 0) is 41.8 Å². The molecule has 2 heterocycles. The van der Waals surface area contributed by atoms with Gasteiger partial charge in [0.2, 0.25) is 11.8 Å². The molecule has 0 bridgehead atoms. The van der Waals surface area contributed by atoms with Crippen LogP contribution in [0.2, 0.25) is 0 Å². The maximum Gasteiger partial charge on any atom is 0.306 e. The lowest BCUT2D eigenvalue weighted by molar-refractivity contribution is -0.146. The number of amides is 2. The van der Waals surface area contributed by atoms with Gasteiger partial charge in [0.15, 0.2) is 0 Å². The third kappa shape index (κ3) is 4.58. The molecule has 1 aromatic heterocycles. The van der Waals surface area contributed by atoms with Gasteiger partial charge in [0.05, 0.1) is 36.9 Å². The van der Waals surface area contributed by atoms with E-state index in [1.54, 1.807) is 11.9 Å². The number of benzene rings is 2. The smallest absolute Gasteiger partial charge is 0.306 e. The van der Waals surface area contributed by atoms with Gasteiger partial charge in [-0.2, -0.15) is 0 Å². The molecule has 8 nitrogen and oxygen atoms in total. The molecule has 2 amide bonds. The second kappa shape index (κ2) is 8.59. The molecule has 0 spiro atoms. The molecule has 0 saturated carbocycles. The average Bonchev–Trinajstić information content (AvgIpc) is 3.11. The summed E-state index contributed by atoms with van der Waals surface area (Å²) < 4.78 is 4.73. The topological polar surface area (TPSA) is 104 Å². The van der Waals surface area contributed by atoms with E-state index < -0.39 is 11.9 Å². The zero-order valence-corrected chi connectivity index (χ0v) is 17.5. The summed E-state index contributed by atoms with van der Waals surface area (Å²) in [5.74, 6) is -0.515. The van der Waals surface area contributed by atoms with Crippen molar-refractivity contribution in [3.63, 3.8) is 0 Å². The van der Waals surface area contributed by atoms with Crippen molar-refractivity contribution in [2.24, 2.45) is 5.92 Å². The largest absolute Gasteiger partial charge is 0.469 e. The summed E-state index contributed by atoms with van der Waals surface area (Å²) in [7, 11) is 3.04. The zero-order valence-electron chi connectivity index (χ0n) is 17.5. The predicted octanol–water partition coefficient (Wildman–Crippen LogP) is 2.44. The van der Waals surface area contributed by atoms with Crippen molar-refractivity contribution in [3.05, 3.63) is 59.4 Å². The van der Waals surface area contributed by atoms with Crippen molar-refractivity contribution in [1.29, 1.82) is 0 Å². The van der Waals surface area contributed by atoms with Gasteiger partial charge in [-0.1, -0.05) is 18.2 Å². The zero-order chi connectivity index (χ0) is 22.0. The minimum absolute atomic E-state index is 0.0507. The SMILES string of the molecule is COC(=O)CC1Cc2ccc(NC(=O)Cc3nc4ccccc4[nH]3)cc2CN(C)C1=O. The van der Waals surface area contributed by atoms with Crippen LogP contribution in [0, 0.1) is 5.92 Å². The van der Waals surface area contributed by atoms with Crippen LogP contribution in [0.4, 0.5) is 5.69 Å². The van der Waals surface area contributed by atoms with E-state index in [1.807, 2.05) is 42.5 Å². The van der Waals surface area contributed by atoms with Crippen molar-refractivity contribution in [3.8, 4) is 0 Å². The normalized spacial score (nSPS) is 16.0. The quantitative estimate of drug-likeness (QED) is 0.617. The van der Waals surface area contributed by atoms with Crippen LogP contribution >= 0.6 is 0 Å². The summed E-state index contributed by atoms with van der Waals surface area (Å²) in [5, 5.41) is 2.91. The Morgan fingerprint density at radius 2 is 2.03 bits per heavy atom. The van der Waals surface area contributed by atoms with E-state index >= 15 is 0 Å². The molecule has 31 heavy (non-hydrogen) atoms. The second-order valence-corrected chi connectivity index (χ2v) is 7.78. The van der Waals surface area contributed by atoms with Crippen molar-refractivity contribution < 1.29 is 19.1 Å². The number of aromatic amines is 1. The number of nitrogens with one attached hydrogen (secondary N) is 2. The van der Waals surface area contributed by atoms with Gasteiger partial charge >= 0.3 is 5.97 Å². The summed E-state index contributed by atoms with van der Waals surface area (Å²) in [6.45, 7) is 0.416. The second-order valence-electron chi connectivity index (χ2n) is 7.78. The highest BCUT2D eigenvalue weighted by Crippen LogP contribution is 2.27. The van der Waals surface area contributed by atoms with Gasteiger partial charge in [0, 0.05) is 19.3 Å². The number of aromatic nitrogens is 2. The van der Waals surface area contributed by atoms with E-state index in [9.17, 15) is 14.4 Å². The third-order valence-corrected chi connectivity index (χ3v) is 5.50. The fourth-order valence-corrected chi connectivity index (χ4v) is 3.94. The summed E-state index contributed by atoms with van der Waals surface area (Å²) in [6, 6.07) is 13.2. The van der Waals surface area contributed by atoms with Gasteiger partial charge in [0.1, 0.15) is 5.82 Å². The number of rotatable bonds is 5. The Morgan fingerprint density at radius 1 is 1.23 bits per heavy atom. The van der Waals surface area contributed by atoms with E-state index in [1.165, 1.54) is 7.11 Å². The number of hydrogen-bond acceptors (Lipinski definition) is 5. The fraction of sp³-hybridized carbons (Fsp3) is 0.304. The first-order valence-corrected chi connectivity index (χ1v) is 10.1. The van der Waals surface area contributed by atoms with Gasteiger partial charge < -0.3 is 19.9 Å². The first-order valence-electron chi connectivity index (χ1n) is 10.1. The highest BCUT2D eigenvalue weighted by atomic mass is 16.5. The highest BCUT2D eigenvalue weighted by molar-refractivity contribution is 5.92. The van der Waals surface area contributed by atoms with Gasteiger partial charge in [-0.25, -0.2) is 4.98 Å². The minimum Gasteiger partial charge on any atom is -0.469 e. The Labute approximate surface area is 179 Å². The minimum atomic E-state index is -0.452. The van der Waals surface area contributed by atoms with Crippen LogP contribution < -0.4 is 5.32 Å². The van der Waals surface area contributed by atoms with Crippen LogP contribution in [0.15, 0.2) is 42.5 Å². The molecule has 1 aliphatic heterocycles. The van der Waals surface area contributed by atoms with Gasteiger partial charge in [0.25, 0.3) is 0 Å². The molecule has 160 valence electrons. The van der Waals surface area contributed by atoms with Crippen molar-refractivity contribution in [2.45, 2.75) is 25.8 Å². The first-order chi connectivity index (χ1) is 14.9. The van der Waals surface area contributed by atoms with E-state index in [0.717, 1.165) is 22.2 Å². The molecule has 0 saturated heterocycles. The number of H-pyrrole nitrogens is 1. The fourth-order valence-electron chi connectivity index (χ4n) is 3.94. The monoisotopic (exact) mass is 420 g/mol. The molecule has 1 atom stereocenters. The molecule has 4 rings (SSSR count). The van der Waals surface area contributed by atoms with E-state index in [4.69, 9.17) is 4.74 Å². The number of anilines is 1. The Morgan fingerprint density at radius 3 is 2.81 bits per heavy atom. The molecular formula is C23H24N4O4. The third-order valence-electron chi connectivity index (χ3n) is 5.50. The molecule has 2 N–H and O–H groups in total. The number of nitrogens with zero attached hydrogens (tertiary/aromatic N) is 2. The molecular weight excluding hydrogens is 396 g/mol. The number of methoxy groups -OCH3 is 1. The number of fused-ring (bicyclic) bond motifs is 2. The van der Waals surface area contributed by atoms with E-state index in [0.29, 0.717) is 24.5 Å². The van der Waals surface area contributed by atoms with E-state index in [-0.39, 0.29) is 24.7 Å². The lowest BCUT2D eigenvalue weighted by Crippen LogP contribution is -2.32. The number of imidazole rings is 1.